The van der Waals surface area contributed by atoms with Crippen LogP contribution < -0.4 is 0 Å². The maximum Gasteiger partial charge on any atom is 0.254 e. The molecule has 7 heteroatoms. The molecule has 3 aromatic carbocycles. The minimum atomic E-state index is 0.0381. The van der Waals surface area contributed by atoms with Gasteiger partial charge in [-0.05, 0) is 61.5 Å². The molecular formula is C31H30N4O3. The molecule has 1 amide bonds. The van der Waals surface area contributed by atoms with Crippen LogP contribution in [-0.4, -0.2) is 53.6 Å². The van der Waals surface area contributed by atoms with E-state index < -0.39 is 0 Å². The van der Waals surface area contributed by atoms with Crippen molar-refractivity contribution in [2.24, 2.45) is 4.99 Å². The summed E-state index contributed by atoms with van der Waals surface area (Å²) in [6.45, 7) is 11.2. The van der Waals surface area contributed by atoms with Crippen LogP contribution in [0.25, 0.3) is 32.9 Å². The Hall–Kier alpha value is -4.23. The van der Waals surface area contributed by atoms with Gasteiger partial charge in [-0.3, -0.25) is 9.79 Å². The van der Waals surface area contributed by atoms with Gasteiger partial charge in [-0.2, -0.15) is 0 Å². The van der Waals surface area contributed by atoms with Crippen LogP contribution >= 0.6 is 0 Å². The fourth-order valence-corrected chi connectivity index (χ4v) is 5.61. The fourth-order valence-electron chi connectivity index (χ4n) is 5.61. The molecule has 192 valence electrons. The highest BCUT2D eigenvalue weighted by Gasteiger charge is 2.23. The van der Waals surface area contributed by atoms with Gasteiger partial charge < -0.3 is 18.7 Å². The van der Waals surface area contributed by atoms with E-state index in [9.17, 15) is 4.79 Å². The molecule has 1 aliphatic rings. The number of morpholine rings is 1. The first-order valence-electron chi connectivity index (χ1n) is 12.9. The van der Waals surface area contributed by atoms with E-state index in [0.29, 0.717) is 45.0 Å². The normalized spacial score (nSPS) is 13.9. The van der Waals surface area contributed by atoms with Crippen molar-refractivity contribution in [3.8, 4) is 11.1 Å². The number of amides is 1. The van der Waals surface area contributed by atoms with E-state index in [-0.39, 0.29) is 5.91 Å². The Labute approximate surface area is 221 Å². The Kier molecular flexibility index (Phi) is 6.29. The molecule has 6 rings (SSSR count). The summed E-state index contributed by atoms with van der Waals surface area (Å²) in [6.07, 6.45) is 0. The van der Waals surface area contributed by atoms with Gasteiger partial charge in [0.15, 0.2) is 0 Å². The summed E-state index contributed by atoms with van der Waals surface area (Å²) in [7, 11) is 0. The van der Waals surface area contributed by atoms with Crippen molar-refractivity contribution in [2.45, 2.75) is 26.9 Å². The van der Waals surface area contributed by atoms with Crippen molar-refractivity contribution in [2.75, 3.05) is 26.3 Å². The highest BCUT2D eigenvalue weighted by molar-refractivity contribution is 6.12. The molecular weight excluding hydrogens is 476 g/mol. The molecule has 2 aromatic heterocycles. The second kappa shape index (κ2) is 9.91. The molecule has 5 aromatic rings. The Morgan fingerprint density at radius 1 is 1.03 bits per heavy atom. The number of fused-ring (bicyclic) bond motifs is 3. The van der Waals surface area contributed by atoms with Crippen LogP contribution in [0.3, 0.4) is 0 Å². The van der Waals surface area contributed by atoms with Gasteiger partial charge in [0.2, 0.25) is 0 Å². The Bertz CT molecular complexity index is 1640. The third-order valence-electron chi connectivity index (χ3n) is 7.38. The quantitative estimate of drug-likeness (QED) is 0.273. The van der Waals surface area contributed by atoms with E-state index in [1.807, 2.05) is 36.9 Å². The Balaban J connectivity index is 1.61. The summed E-state index contributed by atoms with van der Waals surface area (Å²) in [4.78, 5) is 19.5. The van der Waals surface area contributed by atoms with Crippen molar-refractivity contribution in [1.29, 1.82) is 0 Å². The standard InChI is InChI=1S/C31H30N4O3/c1-20-29(21(2)38-33-20)24-15-25(18-32-3)30-26-10-9-23(31(36)34-11-13-37-14-12-34)16-27(26)35(28(30)17-24)19-22-7-5-4-6-8-22/h4-10,15-17H,3,11-14,18-19H2,1-2H3. The molecule has 0 bridgehead atoms. The molecule has 38 heavy (non-hydrogen) atoms. The van der Waals surface area contributed by atoms with Crippen LogP contribution in [0, 0.1) is 13.8 Å². The van der Waals surface area contributed by atoms with Crippen molar-refractivity contribution in [1.82, 2.24) is 14.6 Å². The van der Waals surface area contributed by atoms with Crippen molar-refractivity contribution >= 4 is 34.4 Å². The van der Waals surface area contributed by atoms with Crippen molar-refractivity contribution in [3.63, 3.8) is 0 Å². The highest BCUT2D eigenvalue weighted by Crippen LogP contribution is 2.38. The number of hydrogen-bond donors (Lipinski definition) is 0. The number of hydrogen-bond acceptors (Lipinski definition) is 5. The predicted molar refractivity (Wildman–Crippen MR) is 150 cm³/mol. The number of benzene rings is 3. The molecule has 1 aliphatic heterocycles. The van der Waals surface area contributed by atoms with Crippen molar-refractivity contribution in [3.05, 3.63) is 88.8 Å². The predicted octanol–water partition coefficient (Wildman–Crippen LogP) is 5.79. The SMILES string of the molecule is C=NCc1cc(-c2c(C)noc2C)cc2c1c1ccc(C(=O)N3CCOCC3)cc1n2Cc1ccccc1. The third-order valence-corrected chi connectivity index (χ3v) is 7.38. The third kappa shape index (κ3) is 4.19. The molecule has 7 nitrogen and oxygen atoms in total. The van der Waals surface area contributed by atoms with Crippen molar-refractivity contribution < 1.29 is 14.1 Å². The first-order chi connectivity index (χ1) is 18.5. The lowest BCUT2D eigenvalue weighted by Crippen LogP contribution is -2.40. The molecule has 0 aliphatic carbocycles. The Morgan fingerprint density at radius 3 is 2.53 bits per heavy atom. The van der Waals surface area contributed by atoms with Gasteiger partial charge in [0.25, 0.3) is 5.91 Å². The molecule has 0 atom stereocenters. The monoisotopic (exact) mass is 506 g/mol. The lowest BCUT2D eigenvalue weighted by Gasteiger charge is -2.26. The number of aromatic nitrogens is 2. The lowest BCUT2D eigenvalue weighted by molar-refractivity contribution is 0.0303. The minimum Gasteiger partial charge on any atom is -0.378 e. The van der Waals surface area contributed by atoms with E-state index >= 15 is 0 Å². The molecule has 0 saturated carbocycles. The van der Waals surface area contributed by atoms with Gasteiger partial charge in [0.05, 0.1) is 36.5 Å². The molecule has 1 saturated heterocycles. The summed E-state index contributed by atoms with van der Waals surface area (Å²) < 4.78 is 13.3. The number of ether oxygens (including phenoxy) is 1. The largest absolute Gasteiger partial charge is 0.378 e. The first-order valence-corrected chi connectivity index (χ1v) is 12.9. The average Bonchev–Trinajstić information content (AvgIpc) is 3.45. The number of carbonyl (C=O) groups is 1. The lowest BCUT2D eigenvalue weighted by atomic mass is 9.97. The Morgan fingerprint density at radius 2 is 1.82 bits per heavy atom. The second-order valence-corrected chi connectivity index (χ2v) is 9.82. The summed E-state index contributed by atoms with van der Waals surface area (Å²) in [5, 5.41) is 6.41. The minimum absolute atomic E-state index is 0.0381. The smallest absolute Gasteiger partial charge is 0.254 e. The molecule has 0 N–H and O–H groups in total. The average molecular weight is 507 g/mol. The van der Waals surface area contributed by atoms with Crippen LogP contribution in [0.2, 0.25) is 0 Å². The van der Waals surface area contributed by atoms with Crippen LogP contribution in [-0.2, 0) is 17.8 Å². The van der Waals surface area contributed by atoms with Gasteiger partial charge in [-0.25, -0.2) is 0 Å². The molecule has 0 unspecified atom stereocenters. The van der Waals surface area contributed by atoms with E-state index in [4.69, 9.17) is 9.26 Å². The van der Waals surface area contributed by atoms with Crippen LogP contribution in [0.4, 0.5) is 0 Å². The van der Waals surface area contributed by atoms with Gasteiger partial charge in [-0.1, -0.05) is 41.6 Å². The zero-order valence-electron chi connectivity index (χ0n) is 21.7. The maximum atomic E-state index is 13.4. The summed E-state index contributed by atoms with van der Waals surface area (Å²) in [6, 6.07) is 20.8. The topological polar surface area (TPSA) is 72.9 Å². The number of carbonyl (C=O) groups excluding carboxylic acids is 1. The van der Waals surface area contributed by atoms with Crippen LogP contribution in [0.1, 0.15) is 32.9 Å². The second-order valence-electron chi connectivity index (χ2n) is 9.82. The van der Waals surface area contributed by atoms with Gasteiger partial charge in [0.1, 0.15) is 5.76 Å². The van der Waals surface area contributed by atoms with E-state index in [1.54, 1.807) is 0 Å². The van der Waals surface area contributed by atoms with Crippen LogP contribution in [0.5, 0.6) is 0 Å². The summed E-state index contributed by atoms with van der Waals surface area (Å²) in [5.41, 5.74) is 7.93. The van der Waals surface area contributed by atoms with Gasteiger partial charge >= 0.3 is 0 Å². The highest BCUT2D eigenvalue weighted by atomic mass is 16.5. The molecule has 1 fully saturated rings. The number of aliphatic imine (C=N–C) groups is 1. The zero-order valence-corrected chi connectivity index (χ0v) is 21.7. The van der Waals surface area contributed by atoms with Gasteiger partial charge in [0, 0.05) is 41.5 Å². The summed E-state index contributed by atoms with van der Waals surface area (Å²) >= 11 is 0. The molecule has 3 heterocycles. The fraction of sp³-hybridized carbons (Fsp3) is 0.258. The van der Waals surface area contributed by atoms with E-state index in [2.05, 4.69) is 63.9 Å². The zero-order chi connectivity index (χ0) is 26.2. The molecule has 0 radical (unpaired) electrons. The number of nitrogens with zero attached hydrogens (tertiary/aromatic N) is 4. The number of aryl methyl sites for hydroxylation is 2. The van der Waals surface area contributed by atoms with E-state index in [0.717, 1.165) is 50.0 Å². The first kappa shape index (κ1) is 24.1. The van der Waals surface area contributed by atoms with Gasteiger partial charge in [-0.15, -0.1) is 0 Å². The molecule has 0 spiro atoms. The summed E-state index contributed by atoms with van der Waals surface area (Å²) in [5.74, 6) is 0.819. The van der Waals surface area contributed by atoms with E-state index in [1.165, 1.54) is 5.56 Å². The van der Waals surface area contributed by atoms with Crippen LogP contribution in [0.15, 0.2) is 70.2 Å². The maximum absolute atomic E-state index is 13.4. The number of rotatable bonds is 6.